The molecular weight excluding hydrogens is 281 g/mol. The maximum absolute atomic E-state index is 8.34. The molecule has 0 fully saturated rings. The Morgan fingerprint density at radius 1 is 1.60 bits per heavy atom. The summed E-state index contributed by atoms with van der Waals surface area (Å²) in [5.74, 6) is 0.195. The second-order valence-corrected chi connectivity index (χ2v) is 4.07. The molecule has 0 spiro atoms. The number of hydrogen-bond acceptors (Lipinski definition) is 3. The third-order valence-corrected chi connectivity index (χ3v) is 3.17. The maximum atomic E-state index is 8.34. The lowest BCUT2D eigenvalue weighted by molar-refractivity contribution is 0.317. The molecule has 0 aromatic heterocycles. The average Bonchev–Trinajstić information content (AvgIpc) is 2.24. The molecule has 82 valence electrons. The lowest BCUT2D eigenvalue weighted by Crippen LogP contribution is -2.16. The highest BCUT2D eigenvalue weighted by atomic mass is 79.9. The fourth-order valence-electron chi connectivity index (χ4n) is 1.02. The van der Waals surface area contributed by atoms with Crippen LogP contribution in [0.2, 0.25) is 5.02 Å². The Bertz CT molecular complexity index is 370. The van der Waals surface area contributed by atoms with Gasteiger partial charge in [-0.15, -0.1) is 0 Å². The number of hydrogen-bond donors (Lipinski definition) is 3. The summed E-state index contributed by atoms with van der Waals surface area (Å²) < 4.78 is 0.811. The van der Waals surface area contributed by atoms with Crippen molar-refractivity contribution < 1.29 is 5.21 Å². The SMILES string of the molecule is N/C(CCNc1cccc(Cl)c1Br)=N/O. The van der Waals surface area contributed by atoms with Crippen LogP contribution in [0, 0.1) is 0 Å². The number of nitrogens with two attached hydrogens (primary N) is 1. The number of amidine groups is 1. The number of anilines is 1. The van der Waals surface area contributed by atoms with E-state index in [2.05, 4.69) is 26.4 Å². The van der Waals surface area contributed by atoms with Gasteiger partial charge in [-0.2, -0.15) is 0 Å². The molecule has 0 amide bonds. The number of halogens is 2. The zero-order chi connectivity index (χ0) is 11.3. The molecule has 0 unspecified atom stereocenters. The second kappa shape index (κ2) is 5.82. The number of benzene rings is 1. The molecule has 1 aromatic rings. The normalized spacial score (nSPS) is 11.5. The molecule has 1 aromatic carbocycles. The van der Waals surface area contributed by atoms with E-state index in [1.807, 2.05) is 12.1 Å². The Kier molecular flexibility index (Phi) is 4.71. The van der Waals surface area contributed by atoms with Gasteiger partial charge in [-0.25, -0.2) is 0 Å². The fourth-order valence-corrected chi connectivity index (χ4v) is 1.59. The molecule has 1 rings (SSSR count). The predicted octanol–water partition coefficient (Wildman–Crippen LogP) is 2.65. The molecule has 4 N–H and O–H groups in total. The zero-order valence-corrected chi connectivity index (χ0v) is 10.2. The molecule has 6 heteroatoms. The van der Waals surface area contributed by atoms with Crippen LogP contribution in [0.5, 0.6) is 0 Å². The van der Waals surface area contributed by atoms with Crippen LogP contribution >= 0.6 is 27.5 Å². The third kappa shape index (κ3) is 3.60. The predicted molar refractivity (Wildman–Crippen MR) is 65.7 cm³/mol. The molecule has 15 heavy (non-hydrogen) atoms. The molecule has 0 aliphatic rings. The molecule has 0 saturated heterocycles. The van der Waals surface area contributed by atoms with Gasteiger partial charge in [0, 0.05) is 18.7 Å². The summed E-state index contributed by atoms with van der Waals surface area (Å²) in [7, 11) is 0. The van der Waals surface area contributed by atoms with Gasteiger partial charge in [0.05, 0.1) is 9.50 Å². The summed E-state index contributed by atoms with van der Waals surface area (Å²) in [5.41, 5.74) is 6.21. The lowest BCUT2D eigenvalue weighted by Gasteiger charge is -2.08. The number of rotatable bonds is 4. The van der Waals surface area contributed by atoms with Crippen molar-refractivity contribution in [3.63, 3.8) is 0 Å². The minimum absolute atomic E-state index is 0.195. The highest BCUT2D eigenvalue weighted by Gasteiger charge is 2.02. The Morgan fingerprint density at radius 3 is 3.00 bits per heavy atom. The highest BCUT2D eigenvalue weighted by Crippen LogP contribution is 2.29. The first kappa shape index (κ1) is 12.1. The van der Waals surface area contributed by atoms with E-state index in [4.69, 9.17) is 22.5 Å². The molecule has 0 atom stereocenters. The summed E-state index contributed by atoms with van der Waals surface area (Å²) in [6, 6.07) is 5.53. The minimum Gasteiger partial charge on any atom is -0.409 e. The lowest BCUT2D eigenvalue weighted by atomic mass is 10.3. The van der Waals surface area contributed by atoms with Crippen molar-refractivity contribution in [3.05, 3.63) is 27.7 Å². The van der Waals surface area contributed by atoms with Crippen LogP contribution in [0.3, 0.4) is 0 Å². The van der Waals surface area contributed by atoms with E-state index in [1.54, 1.807) is 6.07 Å². The summed E-state index contributed by atoms with van der Waals surface area (Å²) in [5, 5.41) is 15.0. The Balaban J connectivity index is 2.55. The van der Waals surface area contributed by atoms with E-state index < -0.39 is 0 Å². The first-order valence-electron chi connectivity index (χ1n) is 4.29. The zero-order valence-electron chi connectivity index (χ0n) is 7.87. The molecule has 0 heterocycles. The van der Waals surface area contributed by atoms with Gasteiger partial charge >= 0.3 is 0 Å². The fraction of sp³-hybridized carbons (Fsp3) is 0.222. The van der Waals surface area contributed by atoms with Crippen molar-refractivity contribution >= 4 is 39.1 Å². The van der Waals surface area contributed by atoms with Crippen LogP contribution in [0.1, 0.15) is 6.42 Å². The second-order valence-electron chi connectivity index (χ2n) is 2.87. The number of nitrogens with one attached hydrogen (secondary N) is 1. The summed E-state index contributed by atoms with van der Waals surface area (Å²) in [6.07, 6.45) is 0.468. The first-order valence-corrected chi connectivity index (χ1v) is 5.46. The largest absolute Gasteiger partial charge is 0.409 e. The molecule has 0 saturated carbocycles. The average molecular weight is 293 g/mol. The van der Waals surface area contributed by atoms with E-state index in [-0.39, 0.29) is 5.84 Å². The smallest absolute Gasteiger partial charge is 0.140 e. The quantitative estimate of drug-likeness (QED) is 0.346. The van der Waals surface area contributed by atoms with Crippen molar-refractivity contribution in [2.45, 2.75) is 6.42 Å². The molecule has 4 nitrogen and oxygen atoms in total. The standard InChI is InChI=1S/C9H11BrClN3O/c10-9-6(11)2-1-3-7(9)13-5-4-8(12)14-15/h1-3,13,15H,4-5H2,(H2,12,14). The van der Waals surface area contributed by atoms with Crippen LogP contribution in [0.4, 0.5) is 5.69 Å². The van der Waals surface area contributed by atoms with Gasteiger partial charge in [-0.05, 0) is 28.1 Å². The highest BCUT2D eigenvalue weighted by molar-refractivity contribution is 9.10. The Hall–Kier alpha value is -0.940. The van der Waals surface area contributed by atoms with E-state index in [1.165, 1.54) is 0 Å². The topological polar surface area (TPSA) is 70.6 Å². The third-order valence-electron chi connectivity index (χ3n) is 1.78. The summed E-state index contributed by atoms with van der Waals surface area (Å²) in [4.78, 5) is 0. The van der Waals surface area contributed by atoms with Crippen LogP contribution in [-0.4, -0.2) is 17.6 Å². The summed E-state index contributed by atoms with van der Waals surface area (Å²) in [6.45, 7) is 0.578. The molecule has 0 aliphatic heterocycles. The van der Waals surface area contributed by atoms with E-state index >= 15 is 0 Å². The number of oxime groups is 1. The monoisotopic (exact) mass is 291 g/mol. The van der Waals surface area contributed by atoms with Gasteiger partial charge in [-0.3, -0.25) is 0 Å². The van der Waals surface area contributed by atoms with Gasteiger partial charge in [0.15, 0.2) is 0 Å². The molecule has 0 radical (unpaired) electrons. The molecular formula is C9H11BrClN3O. The van der Waals surface area contributed by atoms with Crippen molar-refractivity contribution in [3.8, 4) is 0 Å². The summed E-state index contributed by atoms with van der Waals surface area (Å²) >= 11 is 9.27. The minimum atomic E-state index is 0.195. The van der Waals surface area contributed by atoms with Crippen molar-refractivity contribution in [1.29, 1.82) is 0 Å². The van der Waals surface area contributed by atoms with Gasteiger partial charge in [0.2, 0.25) is 0 Å². The molecule has 0 aliphatic carbocycles. The maximum Gasteiger partial charge on any atom is 0.140 e. The number of nitrogens with zero attached hydrogens (tertiary/aromatic N) is 1. The van der Waals surface area contributed by atoms with Crippen molar-refractivity contribution in [2.24, 2.45) is 10.9 Å². The van der Waals surface area contributed by atoms with E-state index in [0.29, 0.717) is 18.0 Å². The van der Waals surface area contributed by atoms with Crippen molar-refractivity contribution in [2.75, 3.05) is 11.9 Å². The van der Waals surface area contributed by atoms with Crippen LogP contribution in [0.15, 0.2) is 27.8 Å². The molecule has 0 bridgehead atoms. The van der Waals surface area contributed by atoms with Crippen molar-refractivity contribution in [1.82, 2.24) is 0 Å². The van der Waals surface area contributed by atoms with Gasteiger partial charge in [-0.1, -0.05) is 22.8 Å². The van der Waals surface area contributed by atoms with Gasteiger partial charge in [0.25, 0.3) is 0 Å². The van der Waals surface area contributed by atoms with Gasteiger partial charge in [0.1, 0.15) is 5.84 Å². The Morgan fingerprint density at radius 2 is 2.33 bits per heavy atom. The first-order chi connectivity index (χ1) is 7.15. The van der Waals surface area contributed by atoms with E-state index in [9.17, 15) is 0 Å². The van der Waals surface area contributed by atoms with Crippen LogP contribution < -0.4 is 11.1 Å². The van der Waals surface area contributed by atoms with Gasteiger partial charge < -0.3 is 16.3 Å². The Labute approximate surface area is 101 Å². The van der Waals surface area contributed by atoms with E-state index in [0.717, 1.165) is 10.2 Å². The van der Waals surface area contributed by atoms with Crippen LogP contribution in [-0.2, 0) is 0 Å². The van der Waals surface area contributed by atoms with Crippen LogP contribution in [0.25, 0.3) is 0 Å².